The van der Waals surface area contributed by atoms with Gasteiger partial charge in [0.1, 0.15) is 5.69 Å². The van der Waals surface area contributed by atoms with Crippen LogP contribution in [0.5, 0.6) is 0 Å². The van der Waals surface area contributed by atoms with E-state index in [1.54, 1.807) is 12.1 Å². The highest BCUT2D eigenvalue weighted by Gasteiger charge is 2.17. The molecule has 0 saturated carbocycles. The minimum absolute atomic E-state index is 0.00320. The Kier molecular flexibility index (Phi) is 4.72. The molecule has 1 unspecified atom stereocenters. The summed E-state index contributed by atoms with van der Waals surface area (Å²) in [7, 11) is 3.90. The second-order valence-electron chi connectivity index (χ2n) is 4.08. The van der Waals surface area contributed by atoms with Crippen molar-refractivity contribution in [1.29, 1.82) is 0 Å². The van der Waals surface area contributed by atoms with Gasteiger partial charge in [-0.2, -0.15) is 0 Å². The molecule has 0 fully saturated rings. The molecular formula is C11H16ClN3O2. The fourth-order valence-electron chi connectivity index (χ4n) is 1.27. The lowest BCUT2D eigenvalue weighted by atomic mass is 10.2. The Balaban J connectivity index is 2.86. The third-order valence-corrected chi connectivity index (χ3v) is 2.96. The largest absolute Gasteiger partial charge is 0.377 e. The predicted molar refractivity (Wildman–Crippen MR) is 69.7 cm³/mol. The Morgan fingerprint density at radius 2 is 2.18 bits per heavy atom. The van der Waals surface area contributed by atoms with Gasteiger partial charge in [0.2, 0.25) is 0 Å². The van der Waals surface area contributed by atoms with Crippen LogP contribution in [0.3, 0.4) is 0 Å². The Morgan fingerprint density at radius 3 is 2.71 bits per heavy atom. The normalized spacial score (nSPS) is 12.5. The Hall–Kier alpha value is -1.33. The summed E-state index contributed by atoms with van der Waals surface area (Å²) in [4.78, 5) is 12.4. The maximum atomic E-state index is 10.8. The number of rotatable bonds is 5. The number of hydrogen-bond donors (Lipinski definition) is 1. The first-order valence-electron chi connectivity index (χ1n) is 5.26. The van der Waals surface area contributed by atoms with Crippen molar-refractivity contribution in [3.8, 4) is 0 Å². The quantitative estimate of drug-likeness (QED) is 0.651. The van der Waals surface area contributed by atoms with Crippen LogP contribution in [0.25, 0.3) is 0 Å². The smallest absolute Gasteiger partial charge is 0.293 e. The van der Waals surface area contributed by atoms with Crippen molar-refractivity contribution in [3.05, 3.63) is 33.3 Å². The molecular weight excluding hydrogens is 242 g/mol. The number of nitro benzene ring substituents is 1. The molecule has 1 aromatic rings. The zero-order chi connectivity index (χ0) is 13.0. The molecule has 0 aliphatic heterocycles. The average Bonchev–Trinajstić information content (AvgIpc) is 2.26. The Morgan fingerprint density at radius 1 is 1.53 bits per heavy atom. The molecule has 17 heavy (non-hydrogen) atoms. The van der Waals surface area contributed by atoms with Gasteiger partial charge in [-0.3, -0.25) is 10.1 Å². The predicted octanol–water partition coefficient (Wildman–Crippen LogP) is 2.61. The van der Waals surface area contributed by atoms with Gasteiger partial charge in [-0.15, -0.1) is 0 Å². The molecule has 0 aliphatic carbocycles. The van der Waals surface area contributed by atoms with Gasteiger partial charge in [0.05, 0.1) is 9.95 Å². The number of nitrogens with zero attached hydrogens (tertiary/aromatic N) is 2. The van der Waals surface area contributed by atoms with Crippen LogP contribution in [0.15, 0.2) is 18.2 Å². The van der Waals surface area contributed by atoms with Crippen LogP contribution in [-0.2, 0) is 0 Å². The lowest BCUT2D eigenvalue weighted by molar-refractivity contribution is -0.383. The number of anilines is 1. The van der Waals surface area contributed by atoms with Gasteiger partial charge in [-0.05, 0) is 27.1 Å². The minimum atomic E-state index is -0.436. The third kappa shape index (κ3) is 3.57. The SMILES string of the molecule is CC(CNc1c(Cl)cccc1[N+](=O)[O-])N(C)C. The van der Waals surface area contributed by atoms with E-state index in [4.69, 9.17) is 11.6 Å². The van der Waals surface area contributed by atoms with Crippen molar-refractivity contribution in [1.82, 2.24) is 4.90 Å². The molecule has 1 rings (SSSR count). The summed E-state index contributed by atoms with van der Waals surface area (Å²) in [5.74, 6) is 0. The van der Waals surface area contributed by atoms with Gasteiger partial charge >= 0.3 is 0 Å². The van der Waals surface area contributed by atoms with Gasteiger partial charge in [0.25, 0.3) is 5.69 Å². The molecule has 0 amide bonds. The van der Waals surface area contributed by atoms with Crippen LogP contribution in [-0.4, -0.2) is 36.5 Å². The highest BCUT2D eigenvalue weighted by molar-refractivity contribution is 6.33. The number of likely N-dealkylation sites (N-methyl/N-ethyl adjacent to an activating group) is 1. The van der Waals surface area contributed by atoms with Crippen LogP contribution in [0, 0.1) is 10.1 Å². The van der Waals surface area contributed by atoms with E-state index in [1.165, 1.54) is 6.07 Å². The molecule has 0 spiro atoms. The molecule has 0 aliphatic rings. The fourth-order valence-corrected chi connectivity index (χ4v) is 1.51. The molecule has 1 aromatic carbocycles. The van der Waals surface area contributed by atoms with E-state index in [0.717, 1.165) is 0 Å². The first kappa shape index (κ1) is 13.7. The van der Waals surface area contributed by atoms with Crippen LogP contribution in [0.2, 0.25) is 5.02 Å². The summed E-state index contributed by atoms with van der Waals surface area (Å²) in [5.41, 5.74) is 0.385. The number of hydrogen-bond acceptors (Lipinski definition) is 4. The Bertz CT molecular complexity index is 410. The van der Waals surface area contributed by atoms with E-state index in [0.29, 0.717) is 17.3 Å². The summed E-state index contributed by atoms with van der Waals surface area (Å²) < 4.78 is 0. The molecule has 94 valence electrons. The van der Waals surface area contributed by atoms with Crippen molar-refractivity contribution >= 4 is 23.0 Å². The second-order valence-corrected chi connectivity index (χ2v) is 4.49. The first-order chi connectivity index (χ1) is 7.93. The van der Waals surface area contributed by atoms with E-state index in [2.05, 4.69) is 5.32 Å². The van der Waals surface area contributed by atoms with E-state index in [1.807, 2.05) is 25.9 Å². The molecule has 0 saturated heterocycles. The highest BCUT2D eigenvalue weighted by atomic mass is 35.5. The van der Waals surface area contributed by atoms with Gasteiger partial charge in [-0.1, -0.05) is 17.7 Å². The third-order valence-electron chi connectivity index (χ3n) is 2.64. The van der Waals surface area contributed by atoms with Crippen molar-refractivity contribution in [2.75, 3.05) is 26.0 Å². The number of benzene rings is 1. The average molecular weight is 258 g/mol. The monoisotopic (exact) mass is 257 g/mol. The molecule has 0 radical (unpaired) electrons. The number of nitro groups is 1. The second kappa shape index (κ2) is 5.84. The highest BCUT2D eigenvalue weighted by Crippen LogP contribution is 2.31. The molecule has 0 bridgehead atoms. The summed E-state index contributed by atoms with van der Waals surface area (Å²) in [6, 6.07) is 4.90. The van der Waals surface area contributed by atoms with Gasteiger partial charge in [0.15, 0.2) is 0 Å². The molecule has 0 heterocycles. The summed E-state index contributed by atoms with van der Waals surface area (Å²) in [6.07, 6.45) is 0. The zero-order valence-electron chi connectivity index (χ0n) is 10.1. The van der Waals surface area contributed by atoms with E-state index in [-0.39, 0.29) is 11.7 Å². The van der Waals surface area contributed by atoms with Crippen molar-refractivity contribution in [2.45, 2.75) is 13.0 Å². The van der Waals surface area contributed by atoms with Crippen LogP contribution < -0.4 is 5.32 Å². The lowest BCUT2D eigenvalue weighted by Gasteiger charge is -2.20. The van der Waals surface area contributed by atoms with Gasteiger partial charge in [0, 0.05) is 18.7 Å². The van der Waals surface area contributed by atoms with E-state index >= 15 is 0 Å². The Labute approximate surface area is 106 Å². The summed E-state index contributed by atoms with van der Waals surface area (Å²) in [5, 5.41) is 14.2. The minimum Gasteiger partial charge on any atom is -0.377 e. The molecule has 5 nitrogen and oxygen atoms in total. The molecule has 1 N–H and O–H groups in total. The maximum Gasteiger partial charge on any atom is 0.293 e. The van der Waals surface area contributed by atoms with Crippen LogP contribution >= 0.6 is 11.6 Å². The maximum absolute atomic E-state index is 10.8. The zero-order valence-corrected chi connectivity index (χ0v) is 10.9. The van der Waals surface area contributed by atoms with Crippen molar-refractivity contribution in [2.24, 2.45) is 0 Å². The molecule has 6 heteroatoms. The molecule has 1 atom stereocenters. The van der Waals surface area contributed by atoms with E-state index < -0.39 is 4.92 Å². The lowest BCUT2D eigenvalue weighted by Crippen LogP contribution is -2.31. The number of nitrogens with one attached hydrogen (secondary N) is 1. The standard InChI is InChI=1S/C11H16ClN3O2/c1-8(14(2)3)7-13-11-9(12)5-4-6-10(11)15(16)17/h4-6,8,13H,7H2,1-3H3. The van der Waals surface area contributed by atoms with Gasteiger partial charge in [-0.25, -0.2) is 0 Å². The first-order valence-corrected chi connectivity index (χ1v) is 5.64. The van der Waals surface area contributed by atoms with E-state index in [9.17, 15) is 10.1 Å². The fraction of sp³-hybridized carbons (Fsp3) is 0.455. The van der Waals surface area contributed by atoms with Crippen LogP contribution in [0.1, 0.15) is 6.92 Å². The summed E-state index contributed by atoms with van der Waals surface area (Å²) in [6.45, 7) is 2.62. The number of para-hydroxylation sites is 1. The van der Waals surface area contributed by atoms with Crippen LogP contribution in [0.4, 0.5) is 11.4 Å². The van der Waals surface area contributed by atoms with Crippen molar-refractivity contribution < 1.29 is 4.92 Å². The number of halogens is 1. The van der Waals surface area contributed by atoms with Crippen molar-refractivity contribution in [3.63, 3.8) is 0 Å². The summed E-state index contributed by atoms with van der Waals surface area (Å²) >= 11 is 5.96. The molecule has 0 aromatic heterocycles. The van der Waals surface area contributed by atoms with Gasteiger partial charge < -0.3 is 10.2 Å². The topological polar surface area (TPSA) is 58.4 Å².